The van der Waals surface area contributed by atoms with Gasteiger partial charge < -0.3 is 111 Å². The van der Waals surface area contributed by atoms with Gasteiger partial charge in [-0.25, -0.2) is 4.79 Å². The van der Waals surface area contributed by atoms with Crippen LogP contribution in [0.4, 0.5) is 0 Å². The molecule has 1 aromatic carbocycles. The molecule has 4 aliphatic rings. The van der Waals surface area contributed by atoms with Gasteiger partial charge in [-0.1, -0.05) is 46.2 Å². The number of nitrogens with two attached hydrogens (primary N) is 5. The van der Waals surface area contributed by atoms with Crippen LogP contribution in [0.15, 0.2) is 24.3 Å². The number of rotatable bonds is 48. The molecule has 4 heterocycles. The Bertz CT molecular complexity index is 3400. The summed E-state index contributed by atoms with van der Waals surface area (Å²) in [6.45, 7) is 9.32. The molecular weight excluding hydrogens is 1510 g/mol. The molecule has 0 radical (unpaired) electrons. The summed E-state index contributed by atoms with van der Waals surface area (Å²) >= 11 is 5.54. The summed E-state index contributed by atoms with van der Waals surface area (Å²) in [5.74, 6) is -12.9. The average molecular weight is 1630 g/mol. The zero-order valence-corrected chi connectivity index (χ0v) is 67.8. The number of carbonyl (C=O) groups excluding carboxylic acids is 14. The summed E-state index contributed by atoms with van der Waals surface area (Å²) in [6, 6.07) is -12.4. The number of likely N-dealkylation sites (tertiary alicyclic amines) is 4. The van der Waals surface area contributed by atoms with Gasteiger partial charge in [0, 0.05) is 38.4 Å². The maximum Gasteiger partial charge on any atom is 0.327 e. The third kappa shape index (κ3) is 28.8. The number of amides is 14. The lowest BCUT2D eigenvalue weighted by molar-refractivity contribution is -0.146. The van der Waals surface area contributed by atoms with E-state index in [0.29, 0.717) is 95.0 Å². The van der Waals surface area contributed by atoms with E-state index in [1.54, 1.807) is 39.5 Å². The molecular formula is C75H124N18O18S2. The lowest BCUT2D eigenvalue weighted by Gasteiger charge is -2.34. The van der Waals surface area contributed by atoms with Gasteiger partial charge in [0.2, 0.25) is 82.7 Å². The minimum atomic E-state index is -1.68. The van der Waals surface area contributed by atoms with Crippen LogP contribution in [0.3, 0.4) is 0 Å². The number of carboxylic acid groups (broad SMARTS) is 1. The van der Waals surface area contributed by atoms with Crippen LogP contribution in [-0.4, -0.2) is 278 Å². The Morgan fingerprint density at radius 3 is 1.33 bits per heavy atom. The second-order valence-corrected chi connectivity index (χ2v) is 31.6. The Labute approximate surface area is 670 Å². The smallest absolute Gasteiger partial charge is 0.327 e. The number of hydrogen-bond donors (Lipinski definition) is 18. The van der Waals surface area contributed by atoms with Crippen LogP contribution >= 0.6 is 24.4 Å². The van der Waals surface area contributed by atoms with Crippen molar-refractivity contribution in [3.63, 3.8) is 0 Å². The van der Waals surface area contributed by atoms with Crippen LogP contribution in [0.1, 0.15) is 175 Å². The number of hydrogen-bond acceptors (Lipinski definition) is 23. The lowest BCUT2D eigenvalue weighted by atomic mass is 9.96. The number of benzene rings is 1. The second-order valence-electron chi connectivity index (χ2n) is 30.2. The molecule has 4 aliphatic heterocycles. The molecule has 14 amide bonds. The monoisotopic (exact) mass is 1630 g/mol. The number of aromatic hydroxyl groups is 1. The third-order valence-corrected chi connectivity index (χ3v) is 22.0. The maximum atomic E-state index is 14.9. The number of thioether (sulfide) groups is 1. The molecule has 16 atom stereocenters. The maximum absolute atomic E-state index is 14.9. The number of thiol groups is 1. The molecule has 634 valence electrons. The first-order valence-corrected chi connectivity index (χ1v) is 41.7. The molecule has 0 saturated carbocycles. The number of primary amides is 1. The number of carboxylic acids is 1. The fourth-order valence-corrected chi connectivity index (χ4v) is 15.2. The Morgan fingerprint density at radius 1 is 0.496 bits per heavy atom. The van der Waals surface area contributed by atoms with Gasteiger partial charge in [0.1, 0.15) is 84.3 Å². The number of nitrogens with one attached hydrogen (secondary N) is 9. The van der Waals surface area contributed by atoms with Crippen LogP contribution in [0.5, 0.6) is 5.75 Å². The normalized spacial score (nSPS) is 20.0. The SMILES string of the molecule is CC[C@H](C)[C@H](NC(=O)[C@@H]1CCCN1C(=O)[C@@H](NC(=O)[C@@H]1CCCN1C(=O)[C@H](CCCCN)NC(=O)[C@H](CCCCN)NC(=O)[C@H](CCCCN)NC(=O)[C@@H]1CCCN1C(=O)[C@@H](N)CCSC)[C@@H](C)O)C(=O)N[C@@H](Cc1ccc(O)cc1)C(=O)N[C@@H](CC(C)C)C(=O)N[C@@H](CC(N)=O)C(=O)N1CCC[C@H]1C(=O)N[C@@H](CS)C(=O)O. The van der Waals surface area contributed by atoms with Gasteiger partial charge in [-0.2, -0.15) is 24.4 Å². The largest absolute Gasteiger partial charge is 0.508 e. The summed E-state index contributed by atoms with van der Waals surface area (Å²) in [6.07, 6.45) is 4.97. The van der Waals surface area contributed by atoms with Gasteiger partial charge in [-0.15, -0.1) is 0 Å². The number of aliphatic hydroxyl groups excluding tert-OH is 1. The highest BCUT2D eigenvalue weighted by molar-refractivity contribution is 7.98. The highest BCUT2D eigenvalue weighted by Gasteiger charge is 2.46. The highest BCUT2D eigenvalue weighted by atomic mass is 32.2. The van der Waals surface area contributed by atoms with Crippen molar-refractivity contribution in [2.24, 2.45) is 40.5 Å². The predicted octanol–water partition coefficient (Wildman–Crippen LogP) is -2.91. The van der Waals surface area contributed by atoms with E-state index in [9.17, 15) is 87.2 Å². The molecule has 0 aromatic heterocycles. The van der Waals surface area contributed by atoms with Crippen molar-refractivity contribution in [2.45, 2.75) is 267 Å². The molecule has 4 fully saturated rings. The fraction of sp³-hybridized carbons (Fsp3) is 0.720. The van der Waals surface area contributed by atoms with E-state index < -0.39 is 186 Å². The van der Waals surface area contributed by atoms with Crippen LogP contribution in [0.25, 0.3) is 0 Å². The lowest BCUT2D eigenvalue weighted by Crippen LogP contribution is -2.62. The van der Waals surface area contributed by atoms with Crippen LogP contribution in [0.2, 0.25) is 0 Å². The quantitative estimate of drug-likeness (QED) is 0.0230. The summed E-state index contributed by atoms with van der Waals surface area (Å²) in [7, 11) is 0. The molecule has 36 nitrogen and oxygen atoms in total. The average Bonchev–Trinajstić information content (AvgIpc) is 1.75. The van der Waals surface area contributed by atoms with Crippen molar-refractivity contribution in [1.29, 1.82) is 0 Å². The van der Waals surface area contributed by atoms with Crippen molar-refractivity contribution < 1.29 is 87.2 Å². The van der Waals surface area contributed by atoms with E-state index in [0.717, 1.165) is 4.90 Å². The molecule has 113 heavy (non-hydrogen) atoms. The van der Waals surface area contributed by atoms with Gasteiger partial charge in [-0.3, -0.25) is 67.1 Å². The number of phenolic OH excluding ortho intramolecular Hbond substituents is 1. The van der Waals surface area contributed by atoms with E-state index in [1.165, 1.54) is 45.9 Å². The molecule has 22 N–H and O–H groups in total. The zero-order valence-electron chi connectivity index (χ0n) is 66.0. The Kier molecular flexibility index (Phi) is 40.5. The molecule has 4 saturated heterocycles. The summed E-state index contributed by atoms with van der Waals surface area (Å²) in [5.41, 5.74) is 29.8. The number of unbranched alkanes of at least 4 members (excludes halogenated alkanes) is 3. The number of aliphatic carboxylic acids is 1. The van der Waals surface area contributed by atoms with Crippen molar-refractivity contribution in [1.82, 2.24) is 67.5 Å². The van der Waals surface area contributed by atoms with Gasteiger partial charge in [0.05, 0.1) is 18.6 Å². The highest BCUT2D eigenvalue weighted by Crippen LogP contribution is 2.27. The van der Waals surface area contributed by atoms with Gasteiger partial charge in [0.25, 0.3) is 0 Å². The zero-order chi connectivity index (χ0) is 83.8. The fourth-order valence-electron chi connectivity index (χ4n) is 14.5. The molecule has 0 bridgehead atoms. The Morgan fingerprint density at radius 2 is 0.885 bits per heavy atom. The third-order valence-electron chi connectivity index (χ3n) is 21.0. The molecule has 1 aromatic rings. The topological polar surface area (TPSA) is 568 Å². The Hall–Kier alpha value is -8.43. The van der Waals surface area contributed by atoms with E-state index in [-0.39, 0.29) is 120 Å². The van der Waals surface area contributed by atoms with E-state index in [2.05, 4.69) is 60.5 Å². The van der Waals surface area contributed by atoms with Gasteiger partial charge >= 0.3 is 5.97 Å². The summed E-state index contributed by atoms with van der Waals surface area (Å²) in [5, 5.41) is 55.3. The van der Waals surface area contributed by atoms with E-state index >= 15 is 0 Å². The second kappa shape index (κ2) is 48.1. The first-order chi connectivity index (χ1) is 53.7. The van der Waals surface area contributed by atoms with Crippen molar-refractivity contribution in [3.05, 3.63) is 29.8 Å². The minimum Gasteiger partial charge on any atom is -0.508 e. The summed E-state index contributed by atoms with van der Waals surface area (Å²) in [4.78, 5) is 216. The standard InChI is InChI=1S/C75H124N18O18S2/c1-7-43(4)60(70(105)85-52(39-45-25-27-46(95)28-26-45)65(100)84-51(38-42(2)3)64(99)86-53(40-59(80)96)73(108)92-35-15-22-56(92)67(102)87-54(41-112)75(110)111)88-68(103)58-24-17-36-93(58)74(109)61(44(5)94)89-69(104)57-23-16-34-91(57)72(107)50(20-10-13-32-78)83-63(98)48(18-8-11-30-76)81-62(97)49(19-9-12-31-77)82-66(101)55-21-14-33-90(55)71(106)47(79)29-37-113-6/h25-28,42-44,47-58,60-61,94-95,112H,7-24,29-41,76-79H2,1-6H3,(H2,80,96)(H,81,97)(H,82,101)(H,83,98)(H,84,100)(H,85,105)(H,86,99)(H,87,102)(H,88,103)(H,89,104)(H,110,111)/t43-,44+,47-,48-,49-,50-,51-,52-,53-,54-,55-,56-,57-,58-,60-,61-/m0/s1. The first kappa shape index (κ1) is 95.2. The minimum absolute atomic E-state index is 0.00106. The molecule has 0 unspecified atom stereocenters. The van der Waals surface area contributed by atoms with E-state index in [1.807, 2.05) is 6.26 Å². The number of aliphatic hydroxyl groups is 1. The summed E-state index contributed by atoms with van der Waals surface area (Å²) < 4.78 is 0. The van der Waals surface area contributed by atoms with Gasteiger partial charge in [0.15, 0.2) is 0 Å². The number of phenols is 1. The van der Waals surface area contributed by atoms with Crippen molar-refractivity contribution in [2.75, 3.05) is 63.6 Å². The Balaban J connectivity index is 1.33. The first-order valence-electron chi connectivity index (χ1n) is 39.6. The van der Waals surface area contributed by atoms with Gasteiger partial charge in [-0.05, 0) is 190 Å². The molecule has 0 spiro atoms. The molecule has 0 aliphatic carbocycles. The number of nitrogens with zero attached hydrogens (tertiary/aromatic N) is 4. The molecule has 5 rings (SSSR count). The van der Waals surface area contributed by atoms with Crippen LogP contribution in [0, 0.1) is 11.8 Å². The van der Waals surface area contributed by atoms with Crippen LogP contribution in [-0.2, 0) is 78.3 Å². The van der Waals surface area contributed by atoms with Crippen LogP contribution < -0.4 is 76.5 Å². The van der Waals surface area contributed by atoms with Crippen molar-refractivity contribution >= 4 is 113 Å². The molecule has 38 heteroatoms. The number of carbonyl (C=O) groups is 15. The predicted molar refractivity (Wildman–Crippen MR) is 424 cm³/mol. The van der Waals surface area contributed by atoms with E-state index in [4.69, 9.17) is 28.7 Å². The van der Waals surface area contributed by atoms with Crippen molar-refractivity contribution in [3.8, 4) is 5.75 Å².